The number of halogens is 3. The van der Waals surface area contributed by atoms with Crippen molar-refractivity contribution in [2.45, 2.75) is 19.5 Å². The molecule has 0 amide bonds. The van der Waals surface area contributed by atoms with Crippen LogP contribution in [0.3, 0.4) is 0 Å². The summed E-state index contributed by atoms with van der Waals surface area (Å²) in [4.78, 5) is 10.6. The summed E-state index contributed by atoms with van der Waals surface area (Å²) in [7, 11) is 0. The summed E-state index contributed by atoms with van der Waals surface area (Å²) in [6.45, 7) is 1.72. The molecule has 0 fully saturated rings. The molecule has 0 saturated carbocycles. The fourth-order valence-electron chi connectivity index (χ4n) is 0.942. The summed E-state index contributed by atoms with van der Waals surface area (Å²) >= 11 is 0.840. The molecule has 1 heterocycles. The van der Waals surface area contributed by atoms with Crippen LogP contribution in [0.15, 0.2) is 11.4 Å². The zero-order valence-corrected chi connectivity index (χ0v) is 7.63. The molecule has 0 aromatic carbocycles. The SMILES string of the molecule is CCc1ccsc1C(=O)C(F)(F)F. The smallest absolute Gasteiger partial charge is 0.283 e. The van der Waals surface area contributed by atoms with Crippen LogP contribution in [0.25, 0.3) is 0 Å². The molecule has 0 bridgehead atoms. The number of ketones is 1. The summed E-state index contributed by atoms with van der Waals surface area (Å²) < 4.78 is 36.0. The summed E-state index contributed by atoms with van der Waals surface area (Å²) in [6.07, 6.45) is -4.31. The third kappa shape index (κ3) is 2.09. The minimum absolute atomic E-state index is 0.185. The van der Waals surface area contributed by atoms with E-state index in [0.29, 0.717) is 12.0 Å². The first-order valence-corrected chi connectivity index (χ1v) is 4.52. The van der Waals surface area contributed by atoms with Gasteiger partial charge in [0.2, 0.25) is 0 Å². The van der Waals surface area contributed by atoms with Crippen molar-refractivity contribution >= 4 is 17.1 Å². The van der Waals surface area contributed by atoms with E-state index in [4.69, 9.17) is 0 Å². The van der Waals surface area contributed by atoms with Crippen molar-refractivity contribution in [2.24, 2.45) is 0 Å². The maximum absolute atomic E-state index is 12.0. The number of Topliss-reactive ketones (excluding diaryl/α,β-unsaturated/α-hetero) is 1. The Morgan fingerprint density at radius 2 is 2.15 bits per heavy atom. The molecule has 0 aliphatic heterocycles. The highest BCUT2D eigenvalue weighted by molar-refractivity contribution is 7.12. The van der Waals surface area contributed by atoms with E-state index in [-0.39, 0.29) is 4.88 Å². The Labute approximate surface area is 77.2 Å². The molecule has 0 radical (unpaired) electrons. The minimum Gasteiger partial charge on any atom is -0.283 e. The van der Waals surface area contributed by atoms with E-state index in [0.717, 1.165) is 11.3 Å². The number of alkyl halides is 3. The Kier molecular flexibility index (Phi) is 2.75. The van der Waals surface area contributed by atoms with E-state index in [2.05, 4.69) is 0 Å². The quantitative estimate of drug-likeness (QED) is 0.682. The van der Waals surface area contributed by atoms with Crippen LogP contribution in [-0.4, -0.2) is 12.0 Å². The lowest BCUT2D eigenvalue weighted by Gasteiger charge is -2.04. The maximum atomic E-state index is 12.0. The van der Waals surface area contributed by atoms with Crippen molar-refractivity contribution < 1.29 is 18.0 Å². The van der Waals surface area contributed by atoms with Crippen molar-refractivity contribution in [1.82, 2.24) is 0 Å². The van der Waals surface area contributed by atoms with Gasteiger partial charge in [-0.05, 0) is 23.4 Å². The van der Waals surface area contributed by atoms with Gasteiger partial charge >= 0.3 is 6.18 Å². The Morgan fingerprint density at radius 1 is 1.54 bits per heavy atom. The van der Waals surface area contributed by atoms with Gasteiger partial charge in [0.05, 0.1) is 4.88 Å². The van der Waals surface area contributed by atoms with Gasteiger partial charge in [-0.3, -0.25) is 4.79 Å². The molecule has 1 nitrogen and oxygen atoms in total. The molecule has 0 aliphatic rings. The Hall–Kier alpha value is -0.840. The third-order valence-electron chi connectivity index (χ3n) is 1.59. The van der Waals surface area contributed by atoms with Crippen molar-refractivity contribution in [3.63, 3.8) is 0 Å². The molecule has 0 aliphatic carbocycles. The molecule has 1 rings (SSSR count). The van der Waals surface area contributed by atoms with Crippen LogP contribution in [0.5, 0.6) is 0 Å². The van der Waals surface area contributed by atoms with Gasteiger partial charge < -0.3 is 0 Å². The molecule has 13 heavy (non-hydrogen) atoms. The summed E-state index contributed by atoms with van der Waals surface area (Å²) in [5.41, 5.74) is 0.465. The van der Waals surface area contributed by atoms with Gasteiger partial charge in [-0.2, -0.15) is 13.2 Å². The first-order chi connectivity index (χ1) is 5.96. The molecule has 0 unspecified atom stereocenters. The number of rotatable bonds is 2. The highest BCUT2D eigenvalue weighted by Gasteiger charge is 2.40. The van der Waals surface area contributed by atoms with Gasteiger partial charge in [-0.1, -0.05) is 6.92 Å². The average Bonchev–Trinajstić information content (AvgIpc) is 2.48. The van der Waals surface area contributed by atoms with E-state index in [9.17, 15) is 18.0 Å². The van der Waals surface area contributed by atoms with E-state index in [1.807, 2.05) is 0 Å². The fraction of sp³-hybridized carbons (Fsp3) is 0.375. The zero-order chi connectivity index (χ0) is 10.1. The summed E-state index contributed by atoms with van der Waals surface area (Å²) in [6, 6.07) is 1.55. The number of aryl methyl sites for hydroxylation is 1. The Bertz CT molecular complexity index is 313. The van der Waals surface area contributed by atoms with Gasteiger partial charge in [0.15, 0.2) is 0 Å². The fourth-order valence-corrected chi connectivity index (χ4v) is 1.90. The predicted octanol–water partition coefficient (Wildman–Crippen LogP) is 3.06. The average molecular weight is 208 g/mol. The van der Waals surface area contributed by atoms with Gasteiger partial charge in [0.25, 0.3) is 5.78 Å². The predicted molar refractivity (Wildman–Crippen MR) is 44.1 cm³/mol. The number of thiophene rings is 1. The molecule has 1 aromatic heterocycles. The van der Waals surface area contributed by atoms with Gasteiger partial charge in [0.1, 0.15) is 0 Å². The topological polar surface area (TPSA) is 17.1 Å². The van der Waals surface area contributed by atoms with Gasteiger partial charge in [0, 0.05) is 0 Å². The van der Waals surface area contributed by atoms with E-state index < -0.39 is 12.0 Å². The van der Waals surface area contributed by atoms with Crippen molar-refractivity contribution in [2.75, 3.05) is 0 Å². The molecule has 72 valence electrons. The molecule has 5 heteroatoms. The Balaban J connectivity index is 3.02. The first-order valence-electron chi connectivity index (χ1n) is 3.64. The Morgan fingerprint density at radius 3 is 2.62 bits per heavy atom. The highest BCUT2D eigenvalue weighted by atomic mass is 32.1. The lowest BCUT2D eigenvalue weighted by atomic mass is 10.1. The van der Waals surface area contributed by atoms with Crippen molar-refractivity contribution in [1.29, 1.82) is 0 Å². The monoisotopic (exact) mass is 208 g/mol. The lowest BCUT2D eigenvalue weighted by molar-refractivity contribution is -0.0883. The van der Waals surface area contributed by atoms with Crippen LogP contribution in [0, 0.1) is 0 Å². The van der Waals surface area contributed by atoms with Crippen molar-refractivity contribution in [3.05, 3.63) is 21.9 Å². The molecule has 0 spiro atoms. The molecule has 0 saturated heterocycles. The largest absolute Gasteiger partial charge is 0.455 e. The molecule has 1 aromatic rings. The van der Waals surface area contributed by atoms with E-state index >= 15 is 0 Å². The van der Waals surface area contributed by atoms with Crippen LogP contribution >= 0.6 is 11.3 Å². The zero-order valence-electron chi connectivity index (χ0n) is 6.81. The molecular weight excluding hydrogens is 201 g/mol. The molecule has 0 atom stereocenters. The minimum atomic E-state index is -4.76. The first kappa shape index (κ1) is 10.2. The lowest BCUT2D eigenvalue weighted by Crippen LogP contribution is -2.22. The van der Waals surface area contributed by atoms with Crippen LogP contribution in [0.4, 0.5) is 13.2 Å². The van der Waals surface area contributed by atoms with Crippen LogP contribution in [-0.2, 0) is 6.42 Å². The second kappa shape index (κ2) is 3.49. The van der Waals surface area contributed by atoms with E-state index in [1.54, 1.807) is 13.0 Å². The number of carbonyl (C=O) groups excluding carboxylic acids is 1. The van der Waals surface area contributed by atoms with Crippen LogP contribution in [0.1, 0.15) is 22.2 Å². The second-order valence-electron chi connectivity index (χ2n) is 2.46. The highest BCUT2D eigenvalue weighted by Crippen LogP contribution is 2.27. The van der Waals surface area contributed by atoms with Gasteiger partial charge in [-0.25, -0.2) is 0 Å². The number of hydrogen-bond acceptors (Lipinski definition) is 2. The summed E-state index contributed by atoms with van der Waals surface area (Å²) in [5.74, 6) is -1.74. The number of carbonyl (C=O) groups is 1. The van der Waals surface area contributed by atoms with Crippen molar-refractivity contribution in [3.8, 4) is 0 Å². The maximum Gasteiger partial charge on any atom is 0.455 e. The van der Waals surface area contributed by atoms with E-state index in [1.165, 1.54) is 5.38 Å². The van der Waals surface area contributed by atoms with Gasteiger partial charge in [-0.15, -0.1) is 11.3 Å². The third-order valence-corrected chi connectivity index (χ3v) is 2.55. The summed E-state index contributed by atoms with van der Waals surface area (Å²) in [5, 5.41) is 1.50. The molecule has 0 N–H and O–H groups in total. The normalized spacial score (nSPS) is 11.7. The number of hydrogen-bond donors (Lipinski definition) is 0. The molecular formula is C8H7F3OS. The van der Waals surface area contributed by atoms with Crippen LogP contribution in [0.2, 0.25) is 0 Å². The standard InChI is InChI=1S/C8H7F3OS/c1-2-5-3-4-13-6(5)7(12)8(9,10)11/h3-4H,2H2,1H3. The van der Waals surface area contributed by atoms with Crippen LogP contribution < -0.4 is 0 Å². The second-order valence-corrected chi connectivity index (χ2v) is 3.37.